The molecule has 0 saturated carbocycles. The van der Waals surface area contributed by atoms with Gasteiger partial charge in [0.1, 0.15) is 5.75 Å². The second-order valence-corrected chi connectivity index (χ2v) is 7.55. The fraction of sp³-hybridized carbons (Fsp3) is 0.391. The molecule has 1 atom stereocenters. The molecule has 0 radical (unpaired) electrons. The standard InChI is InChI=1S/C23H30N4O4/c1-26(2)19-9-7-17(8-10-19)21(27-11-13-31-14-12-27)16-24-22(28)23(29)25-18-5-4-6-20(15-18)30-3/h4-10,15,21H,11-14,16H2,1-3H3,(H,24,28)(H,25,29)/t21-/m0/s1. The van der Waals surface area contributed by atoms with Crippen molar-refractivity contribution in [2.75, 3.05) is 64.3 Å². The third-order valence-corrected chi connectivity index (χ3v) is 5.27. The van der Waals surface area contributed by atoms with E-state index in [2.05, 4.69) is 39.8 Å². The third kappa shape index (κ3) is 6.19. The van der Waals surface area contributed by atoms with Gasteiger partial charge in [-0.15, -0.1) is 0 Å². The fourth-order valence-electron chi connectivity index (χ4n) is 3.50. The maximum atomic E-state index is 12.5. The lowest BCUT2D eigenvalue weighted by atomic mass is 10.0. The van der Waals surface area contributed by atoms with Crippen LogP contribution in [0.15, 0.2) is 48.5 Å². The van der Waals surface area contributed by atoms with Crippen molar-refractivity contribution in [2.45, 2.75) is 6.04 Å². The van der Waals surface area contributed by atoms with Gasteiger partial charge in [-0.3, -0.25) is 14.5 Å². The van der Waals surface area contributed by atoms with E-state index in [1.165, 1.54) is 0 Å². The summed E-state index contributed by atoms with van der Waals surface area (Å²) in [6.07, 6.45) is 0. The smallest absolute Gasteiger partial charge is 0.313 e. The van der Waals surface area contributed by atoms with Gasteiger partial charge in [0.2, 0.25) is 0 Å². The molecule has 8 nitrogen and oxygen atoms in total. The van der Waals surface area contributed by atoms with E-state index in [9.17, 15) is 9.59 Å². The van der Waals surface area contributed by atoms with Gasteiger partial charge < -0.3 is 25.0 Å². The number of ether oxygens (including phenoxy) is 2. The highest BCUT2D eigenvalue weighted by molar-refractivity contribution is 6.39. The summed E-state index contributed by atoms with van der Waals surface area (Å²) in [5, 5.41) is 5.40. The highest BCUT2D eigenvalue weighted by atomic mass is 16.5. The van der Waals surface area contributed by atoms with E-state index in [4.69, 9.17) is 9.47 Å². The van der Waals surface area contributed by atoms with Gasteiger partial charge in [-0.25, -0.2) is 0 Å². The van der Waals surface area contributed by atoms with Crippen LogP contribution in [0.25, 0.3) is 0 Å². The summed E-state index contributed by atoms with van der Waals surface area (Å²) in [4.78, 5) is 29.1. The zero-order valence-electron chi connectivity index (χ0n) is 18.3. The van der Waals surface area contributed by atoms with Crippen molar-refractivity contribution in [2.24, 2.45) is 0 Å². The third-order valence-electron chi connectivity index (χ3n) is 5.27. The van der Waals surface area contributed by atoms with Gasteiger partial charge >= 0.3 is 11.8 Å². The minimum Gasteiger partial charge on any atom is -0.497 e. The number of anilines is 2. The van der Waals surface area contributed by atoms with Crippen LogP contribution in [0.4, 0.5) is 11.4 Å². The molecule has 2 aromatic carbocycles. The number of nitrogens with zero attached hydrogens (tertiary/aromatic N) is 2. The Labute approximate surface area is 183 Å². The highest BCUT2D eigenvalue weighted by Gasteiger charge is 2.24. The average Bonchev–Trinajstić information content (AvgIpc) is 2.80. The number of hydrogen-bond donors (Lipinski definition) is 2. The Hall–Kier alpha value is -3.10. The van der Waals surface area contributed by atoms with Gasteiger partial charge in [-0.1, -0.05) is 18.2 Å². The van der Waals surface area contributed by atoms with Crippen LogP contribution in [0.1, 0.15) is 11.6 Å². The summed E-state index contributed by atoms with van der Waals surface area (Å²) in [5.41, 5.74) is 2.69. The van der Waals surface area contributed by atoms with Gasteiger partial charge in [-0.05, 0) is 29.8 Å². The molecule has 2 N–H and O–H groups in total. The minimum atomic E-state index is -0.711. The molecule has 0 spiro atoms. The summed E-state index contributed by atoms with van der Waals surface area (Å²) in [6, 6.07) is 15.1. The molecule has 31 heavy (non-hydrogen) atoms. The topological polar surface area (TPSA) is 83.1 Å². The highest BCUT2D eigenvalue weighted by Crippen LogP contribution is 2.24. The van der Waals surface area contributed by atoms with Gasteiger partial charge in [0, 0.05) is 51.2 Å². The van der Waals surface area contributed by atoms with E-state index in [0.29, 0.717) is 31.2 Å². The molecule has 0 bridgehead atoms. The monoisotopic (exact) mass is 426 g/mol. The molecule has 2 amide bonds. The number of benzene rings is 2. The van der Waals surface area contributed by atoms with E-state index in [-0.39, 0.29) is 6.04 Å². The molecule has 3 rings (SSSR count). The van der Waals surface area contributed by atoms with Crippen LogP contribution >= 0.6 is 0 Å². The van der Waals surface area contributed by atoms with Crippen molar-refractivity contribution in [1.82, 2.24) is 10.2 Å². The summed E-state index contributed by atoms with van der Waals surface area (Å²) in [5.74, 6) is -0.783. The Bertz CT molecular complexity index is 879. The molecular weight excluding hydrogens is 396 g/mol. The lowest BCUT2D eigenvalue weighted by molar-refractivity contribution is -0.136. The first-order valence-corrected chi connectivity index (χ1v) is 10.3. The zero-order valence-corrected chi connectivity index (χ0v) is 18.3. The molecule has 1 aliphatic rings. The Balaban J connectivity index is 1.66. The molecule has 2 aromatic rings. The Morgan fingerprint density at radius 3 is 2.45 bits per heavy atom. The zero-order chi connectivity index (χ0) is 22.2. The van der Waals surface area contributed by atoms with E-state index in [0.717, 1.165) is 24.3 Å². The van der Waals surface area contributed by atoms with Crippen molar-refractivity contribution in [3.63, 3.8) is 0 Å². The number of methoxy groups -OCH3 is 1. The number of carbonyl (C=O) groups is 2. The van der Waals surface area contributed by atoms with Crippen LogP contribution in [0.2, 0.25) is 0 Å². The Morgan fingerprint density at radius 2 is 1.81 bits per heavy atom. The first-order chi connectivity index (χ1) is 15.0. The first kappa shape index (κ1) is 22.6. The molecule has 1 fully saturated rings. The van der Waals surface area contributed by atoms with Crippen LogP contribution in [0.3, 0.4) is 0 Å². The van der Waals surface area contributed by atoms with Gasteiger partial charge in [0.05, 0.1) is 26.4 Å². The van der Waals surface area contributed by atoms with Crippen molar-refractivity contribution in [1.29, 1.82) is 0 Å². The van der Waals surface area contributed by atoms with Gasteiger partial charge in [-0.2, -0.15) is 0 Å². The second-order valence-electron chi connectivity index (χ2n) is 7.55. The maximum Gasteiger partial charge on any atom is 0.313 e. The number of morpholine rings is 1. The minimum absolute atomic E-state index is 0.0475. The molecule has 0 aromatic heterocycles. The van der Waals surface area contributed by atoms with E-state index >= 15 is 0 Å². The Morgan fingerprint density at radius 1 is 1.10 bits per heavy atom. The molecule has 0 aliphatic carbocycles. The number of amides is 2. The molecular formula is C23H30N4O4. The van der Waals surface area contributed by atoms with Crippen LogP contribution < -0.4 is 20.3 Å². The molecule has 166 valence electrons. The average molecular weight is 427 g/mol. The van der Waals surface area contributed by atoms with Crippen molar-refractivity contribution in [3.8, 4) is 5.75 Å². The lowest BCUT2D eigenvalue weighted by Crippen LogP contribution is -2.45. The number of carbonyl (C=O) groups excluding carboxylic acids is 2. The molecule has 1 saturated heterocycles. The summed E-state index contributed by atoms with van der Waals surface area (Å²) in [7, 11) is 5.54. The fourth-order valence-corrected chi connectivity index (χ4v) is 3.50. The second kappa shape index (κ2) is 10.8. The molecule has 1 aliphatic heterocycles. The van der Waals surface area contributed by atoms with Crippen LogP contribution in [0.5, 0.6) is 5.75 Å². The SMILES string of the molecule is COc1cccc(NC(=O)C(=O)NC[C@@H](c2ccc(N(C)C)cc2)N2CCOCC2)c1. The maximum absolute atomic E-state index is 12.5. The van der Waals surface area contributed by atoms with Gasteiger partial charge in [0.15, 0.2) is 0 Å². The summed E-state index contributed by atoms with van der Waals surface area (Å²) in [6.45, 7) is 3.16. The van der Waals surface area contributed by atoms with E-state index in [1.54, 1.807) is 31.4 Å². The van der Waals surface area contributed by atoms with Crippen molar-refractivity contribution in [3.05, 3.63) is 54.1 Å². The molecule has 8 heteroatoms. The Kier molecular flexibility index (Phi) is 7.86. The van der Waals surface area contributed by atoms with Crippen molar-refractivity contribution >= 4 is 23.2 Å². The number of nitrogens with one attached hydrogen (secondary N) is 2. The lowest BCUT2D eigenvalue weighted by Gasteiger charge is -2.35. The predicted octanol–water partition coefficient (Wildman–Crippen LogP) is 1.89. The summed E-state index contributed by atoms with van der Waals surface area (Å²) >= 11 is 0. The van der Waals surface area contributed by atoms with Crippen LogP contribution in [0, 0.1) is 0 Å². The largest absolute Gasteiger partial charge is 0.497 e. The van der Waals surface area contributed by atoms with Gasteiger partial charge in [0.25, 0.3) is 0 Å². The van der Waals surface area contributed by atoms with E-state index < -0.39 is 11.8 Å². The number of rotatable bonds is 7. The van der Waals surface area contributed by atoms with Crippen LogP contribution in [-0.4, -0.2) is 70.8 Å². The molecule has 1 heterocycles. The normalized spacial score (nSPS) is 15.1. The van der Waals surface area contributed by atoms with Crippen molar-refractivity contribution < 1.29 is 19.1 Å². The van der Waals surface area contributed by atoms with E-state index in [1.807, 2.05) is 19.0 Å². The first-order valence-electron chi connectivity index (χ1n) is 10.3. The quantitative estimate of drug-likeness (QED) is 0.658. The predicted molar refractivity (Wildman–Crippen MR) is 121 cm³/mol. The van der Waals surface area contributed by atoms with Crippen LogP contribution in [-0.2, 0) is 14.3 Å². The molecule has 0 unspecified atom stereocenters. The number of hydrogen-bond acceptors (Lipinski definition) is 6. The summed E-state index contributed by atoms with van der Waals surface area (Å²) < 4.78 is 10.6.